The normalized spacial score (nSPS) is 19.8. The molecule has 0 spiro atoms. The van der Waals surface area contributed by atoms with E-state index in [1.165, 1.54) is 49.9 Å². The molecular formula is C18H29NO2. The summed E-state index contributed by atoms with van der Waals surface area (Å²) >= 11 is 0. The molecule has 21 heavy (non-hydrogen) atoms. The first-order valence-corrected chi connectivity index (χ1v) is 8.25. The van der Waals surface area contributed by atoms with Gasteiger partial charge in [-0.15, -0.1) is 0 Å². The van der Waals surface area contributed by atoms with Crippen LogP contribution in [-0.4, -0.2) is 49.5 Å². The van der Waals surface area contributed by atoms with Gasteiger partial charge in [0.15, 0.2) is 0 Å². The van der Waals surface area contributed by atoms with Crippen LogP contribution in [-0.2, 0) is 11.2 Å². The van der Waals surface area contributed by atoms with E-state index in [1.807, 2.05) is 0 Å². The summed E-state index contributed by atoms with van der Waals surface area (Å²) in [4.78, 5) is 2.52. The van der Waals surface area contributed by atoms with Crippen molar-refractivity contribution in [2.24, 2.45) is 5.92 Å². The molecule has 1 aliphatic rings. The number of rotatable bonds is 8. The Labute approximate surface area is 128 Å². The van der Waals surface area contributed by atoms with Crippen molar-refractivity contribution >= 4 is 0 Å². The molecule has 1 aromatic rings. The average molecular weight is 291 g/mol. The predicted octanol–water partition coefficient (Wildman–Crippen LogP) is 2.65. The highest BCUT2D eigenvalue weighted by atomic mass is 16.5. The zero-order chi connectivity index (χ0) is 14.9. The fraction of sp³-hybridized carbons (Fsp3) is 0.667. The minimum Gasteiger partial charge on any atom is -0.394 e. The third-order valence-electron chi connectivity index (χ3n) is 4.47. The molecule has 1 fully saturated rings. The Morgan fingerprint density at radius 2 is 2.14 bits per heavy atom. The molecule has 1 N–H and O–H groups in total. The lowest BCUT2D eigenvalue weighted by Crippen LogP contribution is -2.37. The summed E-state index contributed by atoms with van der Waals surface area (Å²) < 4.78 is 5.37. The number of aryl methyl sites for hydroxylation is 2. The highest BCUT2D eigenvalue weighted by Gasteiger charge is 2.19. The highest BCUT2D eigenvalue weighted by molar-refractivity contribution is 5.25. The monoisotopic (exact) mass is 291 g/mol. The van der Waals surface area contributed by atoms with Gasteiger partial charge in [-0.3, -0.25) is 0 Å². The zero-order valence-corrected chi connectivity index (χ0v) is 13.3. The summed E-state index contributed by atoms with van der Waals surface area (Å²) in [5.41, 5.74) is 2.92. The van der Waals surface area contributed by atoms with E-state index in [9.17, 15) is 0 Å². The second kappa shape index (κ2) is 9.19. The van der Waals surface area contributed by atoms with E-state index in [0.29, 0.717) is 6.61 Å². The van der Waals surface area contributed by atoms with Crippen LogP contribution >= 0.6 is 0 Å². The van der Waals surface area contributed by atoms with Crippen molar-refractivity contribution < 1.29 is 9.84 Å². The summed E-state index contributed by atoms with van der Waals surface area (Å²) in [6.45, 7) is 6.94. The first-order chi connectivity index (χ1) is 10.3. The van der Waals surface area contributed by atoms with Crippen LogP contribution in [0.5, 0.6) is 0 Å². The largest absolute Gasteiger partial charge is 0.394 e. The van der Waals surface area contributed by atoms with Gasteiger partial charge in [0.2, 0.25) is 0 Å². The Hall–Kier alpha value is -0.900. The van der Waals surface area contributed by atoms with E-state index in [4.69, 9.17) is 9.84 Å². The van der Waals surface area contributed by atoms with Gasteiger partial charge < -0.3 is 14.7 Å². The lowest BCUT2D eigenvalue weighted by molar-refractivity contribution is 0.0618. The van der Waals surface area contributed by atoms with Crippen LogP contribution in [0.4, 0.5) is 0 Å². The van der Waals surface area contributed by atoms with Crippen molar-refractivity contribution in [3.05, 3.63) is 35.4 Å². The van der Waals surface area contributed by atoms with Crippen LogP contribution in [0.2, 0.25) is 0 Å². The van der Waals surface area contributed by atoms with Crippen molar-refractivity contribution in [2.75, 3.05) is 39.5 Å². The predicted molar refractivity (Wildman–Crippen MR) is 86.6 cm³/mol. The van der Waals surface area contributed by atoms with Gasteiger partial charge in [-0.2, -0.15) is 0 Å². The molecule has 3 nitrogen and oxygen atoms in total. The van der Waals surface area contributed by atoms with Gasteiger partial charge in [0.05, 0.1) is 19.8 Å². The Morgan fingerprint density at radius 1 is 1.29 bits per heavy atom. The number of hydrogen-bond donors (Lipinski definition) is 1. The number of nitrogens with zero attached hydrogens (tertiary/aromatic N) is 1. The van der Waals surface area contributed by atoms with Crippen molar-refractivity contribution in [1.29, 1.82) is 0 Å². The van der Waals surface area contributed by atoms with Crippen LogP contribution in [0.15, 0.2) is 24.3 Å². The number of likely N-dealkylation sites (tertiary alicyclic amines) is 1. The van der Waals surface area contributed by atoms with Crippen LogP contribution < -0.4 is 0 Å². The van der Waals surface area contributed by atoms with Crippen molar-refractivity contribution in [2.45, 2.75) is 32.6 Å². The van der Waals surface area contributed by atoms with Gasteiger partial charge >= 0.3 is 0 Å². The Kier molecular flexibility index (Phi) is 7.20. The van der Waals surface area contributed by atoms with Crippen LogP contribution in [0.1, 0.15) is 30.4 Å². The Balaban J connectivity index is 1.70. The van der Waals surface area contributed by atoms with E-state index in [0.717, 1.165) is 19.1 Å². The van der Waals surface area contributed by atoms with Gasteiger partial charge in [0, 0.05) is 13.1 Å². The zero-order valence-electron chi connectivity index (χ0n) is 13.3. The van der Waals surface area contributed by atoms with Gasteiger partial charge in [-0.05, 0) is 56.2 Å². The lowest BCUT2D eigenvalue weighted by Gasteiger charge is -2.32. The number of aliphatic hydroxyl groups excluding tert-OH is 1. The molecule has 1 saturated heterocycles. The molecule has 118 valence electrons. The molecule has 1 unspecified atom stereocenters. The maximum absolute atomic E-state index is 8.71. The molecular weight excluding hydrogens is 262 g/mol. The topological polar surface area (TPSA) is 32.7 Å². The molecule has 0 aromatic heterocycles. The van der Waals surface area contributed by atoms with Gasteiger partial charge in [-0.1, -0.05) is 24.3 Å². The van der Waals surface area contributed by atoms with E-state index >= 15 is 0 Å². The second-order valence-corrected chi connectivity index (χ2v) is 6.11. The van der Waals surface area contributed by atoms with Crippen LogP contribution in [0, 0.1) is 12.8 Å². The number of piperidine rings is 1. The van der Waals surface area contributed by atoms with Gasteiger partial charge in [0.1, 0.15) is 0 Å². The standard InChI is InChI=1S/C18H29NO2/c1-16-5-2-3-7-18(16)9-8-17-6-4-10-19(15-17)11-13-21-14-12-20/h2-3,5,7,17,20H,4,6,8-15H2,1H3. The maximum Gasteiger partial charge on any atom is 0.0698 e. The third-order valence-corrected chi connectivity index (χ3v) is 4.47. The summed E-state index contributed by atoms with van der Waals surface area (Å²) in [5, 5.41) is 8.71. The fourth-order valence-corrected chi connectivity index (χ4v) is 3.20. The molecule has 0 aliphatic carbocycles. The van der Waals surface area contributed by atoms with Crippen LogP contribution in [0.25, 0.3) is 0 Å². The number of benzene rings is 1. The number of ether oxygens (including phenoxy) is 1. The number of aliphatic hydroxyl groups is 1. The van der Waals surface area contributed by atoms with E-state index < -0.39 is 0 Å². The second-order valence-electron chi connectivity index (χ2n) is 6.11. The summed E-state index contributed by atoms with van der Waals surface area (Å²) in [7, 11) is 0. The van der Waals surface area contributed by atoms with E-state index in [1.54, 1.807) is 0 Å². The van der Waals surface area contributed by atoms with Crippen molar-refractivity contribution in [3.63, 3.8) is 0 Å². The number of hydrogen-bond acceptors (Lipinski definition) is 3. The van der Waals surface area contributed by atoms with E-state index in [-0.39, 0.29) is 6.61 Å². The smallest absolute Gasteiger partial charge is 0.0698 e. The molecule has 1 atom stereocenters. The van der Waals surface area contributed by atoms with Crippen LogP contribution in [0.3, 0.4) is 0 Å². The summed E-state index contributed by atoms with van der Waals surface area (Å²) in [5.74, 6) is 0.816. The molecule has 1 aliphatic heterocycles. The molecule has 2 rings (SSSR count). The third kappa shape index (κ3) is 5.77. The molecule has 3 heteroatoms. The van der Waals surface area contributed by atoms with E-state index in [2.05, 4.69) is 36.1 Å². The molecule has 0 bridgehead atoms. The molecule has 1 aromatic carbocycles. The fourth-order valence-electron chi connectivity index (χ4n) is 3.20. The first kappa shape index (κ1) is 16.5. The summed E-state index contributed by atoms with van der Waals surface area (Å²) in [6, 6.07) is 8.74. The SMILES string of the molecule is Cc1ccccc1CCC1CCCN(CCOCCO)C1. The van der Waals surface area contributed by atoms with Crippen molar-refractivity contribution in [1.82, 2.24) is 4.90 Å². The maximum atomic E-state index is 8.71. The minimum atomic E-state index is 0.124. The lowest BCUT2D eigenvalue weighted by atomic mass is 9.90. The molecule has 0 amide bonds. The van der Waals surface area contributed by atoms with Gasteiger partial charge in [-0.25, -0.2) is 0 Å². The van der Waals surface area contributed by atoms with Gasteiger partial charge in [0.25, 0.3) is 0 Å². The first-order valence-electron chi connectivity index (χ1n) is 8.25. The highest BCUT2D eigenvalue weighted by Crippen LogP contribution is 2.22. The molecule has 1 heterocycles. The Morgan fingerprint density at radius 3 is 2.95 bits per heavy atom. The minimum absolute atomic E-state index is 0.124. The molecule has 0 saturated carbocycles. The quantitative estimate of drug-likeness (QED) is 0.747. The Bertz CT molecular complexity index is 408. The summed E-state index contributed by atoms with van der Waals surface area (Å²) in [6.07, 6.45) is 5.16. The molecule has 0 radical (unpaired) electrons. The average Bonchev–Trinajstić information content (AvgIpc) is 2.51. The van der Waals surface area contributed by atoms with Crippen molar-refractivity contribution in [3.8, 4) is 0 Å².